The number of carboxylic acid groups (broad SMARTS) is 2. The van der Waals surface area contributed by atoms with Crippen molar-refractivity contribution >= 4 is 19.3 Å². The van der Waals surface area contributed by atoms with E-state index in [1.165, 1.54) is 6.92 Å². The van der Waals surface area contributed by atoms with Crippen LogP contribution in [0.5, 0.6) is 0 Å². The summed E-state index contributed by atoms with van der Waals surface area (Å²) in [7, 11) is -2.17. The van der Waals surface area contributed by atoms with Crippen molar-refractivity contribution in [2.45, 2.75) is 12.5 Å². The third-order valence-electron chi connectivity index (χ3n) is 2.25. The lowest BCUT2D eigenvalue weighted by molar-refractivity contribution is -0.142. The van der Waals surface area contributed by atoms with Gasteiger partial charge in [0.2, 0.25) is 0 Å². The third kappa shape index (κ3) is 8.73. The Kier molecular flexibility index (Phi) is 8.51. The Labute approximate surface area is 127 Å². The summed E-state index contributed by atoms with van der Waals surface area (Å²) in [6, 6.07) is 8.88. The first-order chi connectivity index (χ1) is 10.2. The van der Waals surface area contributed by atoms with Crippen molar-refractivity contribution in [3.05, 3.63) is 35.9 Å². The maximum absolute atomic E-state index is 11.1. The first-order valence-electron chi connectivity index (χ1n) is 6.00. The summed E-state index contributed by atoms with van der Waals surface area (Å²) in [4.78, 5) is 21.5. The molecule has 22 heavy (non-hydrogen) atoms. The van der Waals surface area contributed by atoms with Crippen molar-refractivity contribution in [2.24, 2.45) is 0 Å². The van der Waals surface area contributed by atoms with Crippen LogP contribution in [0.4, 0.5) is 0 Å². The fraction of sp³-hybridized carbons (Fsp3) is 0.231. The SMILES string of the molecule is CC(C#Cc1ccccc1)(NCC(=O)O)C(=O)O.OB(O)O. The van der Waals surface area contributed by atoms with Crippen LogP contribution in [0.15, 0.2) is 30.3 Å². The average molecular weight is 309 g/mol. The van der Waals surface area contributed by atoms with Crippen molar-refractivity contribution < 1.29 is 34.9 Å². The van der Waals surface area contributed by atoms with Gasteiger partial charge in [0.05, 0.1) is 6.54 Å². The summed E-state index contributed by atoms with van der Waals surface area (Å²) in [5.74, 6) is 2.90. The highest BCUT2D eigenvalue weighted by molar-refractivity contribution is 6.30. The fourth-order valence-corrected chi connectivity index (χ4v) is 1.14. The highest BCUT2D eigenvalue weighted by Gasteiger charge is 2.31. The number of nitrogens with one attached hydrogen (secondary N) is 1. The topological polar surface area (TPSA) is 147 Å². The second-order valence-corrected chi connectivity index (χ2v) is 4.14. The molecule has 1 unspecified atom stereocenters. The highest BCUT2D eigenvalue weighted by atomic mass is 16.5. The van der Waals surface area contributed by atoms with Gasteiger partial charge in [0.1, 0.15) is 0 Å². The van der Waals surface area contributed by atoms with E-state index in [2.05, 4.69) is 17.2 Å². The number of carboxylic acids is 2. The van der Waals surface area contributed by atoms with Gasteiger partial charge < -0.3 is 25.3 Å². The number of benzene rings is 1. The van der Waals surface area contributed by atoms with E-state index in [-0.39, 0.29) is 0 Å². The minimum Gasteiger partial charge on any atom is -0.480 e. The summed E-state index contributed by atoms with van der Waals surface area (Å²) in [6.07, 6.45) is 0. The van der Waals surface area contributed by atoms with Crippen LogP contribution in [-0.4, -0.2) is 56.6 Å². The minimum absolute atomic E-state index is 0.466. The first kappa shape index (κ1) is 19.6. The molecule has 0 amide bonds. The molecule has 1 atom stereocenters. The minimum atomic E-state index is -2.17. The molecule has 0 spiro atoms. The fourth-order valence-electron chi connectivity index (χ4n) is 1.14. The molecule has 0 bridgehead atoms. The van der Waals surface area contributed by atoms with Gasteiger partial charge in [-0.2, -0.15) is 0 Å². The van der Waals surface area contributed by atoms with Crippen LogP contribution in [0.25, 0.3) is 0 Å². The van der Waals surface area contributed by atoms with Gasteiger partial charge in [0.25, 0.3) is 0 Å². The second kappa shape index (κ2) is 9.54. The van der Waals surface area contributed by atoms with E-state index in [4.69, 9.17) is 25.3 Å². The molecule has 0 aliphatic heterocycles. The normalized spacial score (nSPS) is 11.8. The number of hydrogen-bond acceptors (Lipinski definition) is 6. The smallest absolute Gasteiger partial charge is 0.480 e. The summed E-state index contributed by atoms with van der Waals surface area (Å²) >= 11 is 0. The molecular weight excluding hydrogens is 293 g/mol. The molecule has 1 rings (SSSR count). The Morgan fingerprint density at radius 3 is 2.09 bits per heavy atom. The molecule has 0 aromatic heterocycles. The van der Waals surface area contributed by atoms with Crippen LogP contribution in [0.1, 0.15) is 12.5 Å². The van der Waals surface area contributed by atoms with E-state index in [0.29, 0.717) is 5.56 Å². The van der Waals surface area contributed by atoms with Crippen molar-refractivity contribution in [1.29, 1.82) is 0 Å². The molecular formula is C13H16BNO7. The van der Waals surface area contributed by atoms with Crippen LogP contribution in [0.2, 0.25) is 0 Å². The van der Waals surface area contributed by atoms with Crippen LogP contribution in [0, 0.1) is 11.8 Å². The molecule has 1 aromatic rings. The van der Waals surface area contributed by atoms with Gasteiger partial charge in [0, 0.05) is 5.56 Å². The maximum Gasteiger partial charge on any atom is 0.631 e. The molecule has 6 N–H and O–H groups in total. The number of carbonyl (C=O) groups is 2. The summed E-state index contributed by atoms with van der Waals surface area (Å²) < 4.78 is 0. The van der Waals surface area contributed by atoms with Gasteiger partial charge in [-0.3, -0.25) is 10.1 Å². The Morgan fingerprint density at radius 1 is 1.18 bits per heavy atom. The number of rotatable bonds is 4. The zero-order valence-electron chi connectivity index (χ0n) is 11.7. The monoisotopic (exact) mass is 309 g/mol. The molecule has 0 aliphatic carbocycles. The Balaban J connectivity index is 0.000000980. The molecule has 118 valence electrons. The lowest BCUT2D eigenvalue weighted by atomic mass is 10.0. The van der Waals surface area contributed by atoms with E-state index in [0.717, 1.165) is 0 Å². The van der Waals surface area contributed by atoms with Gasteiger partial charge in [0.15, 0.2) is 5.54 Å². The molecule has 0 saturated carbocycles. The van der Waals surface area contributed by atoms with Crippen LogP contribution >= 0.6 is 0 Å². The van der Waals surface area contributed by atoms with Gasteiger partial charge in [-0.1, -0.05) is 30.0 Å². The lowest BCUT2D eigenvalue weighted by Gasteiger charge is -2.18. The quantitative estimate of drug-likeness (QED) is 0.291. The van der Waals surface area contributed by atoms with Crippen LogP contribution in [-0.2, 0) is 9.59 Å². The number of hydrogen-bond donors (Lipinski definition) is 6. The molecule has 9 heteroatoms. The molecule has 0 fully saturated rings. The van der Waals surface area contributed by atoms with Gasteiger partial charge in [-0.05, 0) is 19.1 Å². The van der Waals surface area contributed by atoms with Crippen molar-refractivity contribution in [2.75, 3.05) is 6.54 Å². The van der Waals surface area contributed by atoms with Gasteiger partial charge >= 0.3 is 19.3 Å². The van der Waals surface area contributed by atoms with Crippen molar-refractivity contribution in [3.8, 4) is 11.8 Å². The molecule has 0 aliphatic rings. The largest absolute Gasteiger partial charge is 0.631 e. The Morgan fingerprint density at radius 2 is 1.68 bits per heavy atom. The standard InChI is InChI=1S/C13H13NO4.BH3O3/c1-13(12(17)18,14-9-11(15)16)8-7-10-5-3-2-4-6-10;2-1(3)4/h2-6,14H,9H2,1H3,(H,15,16)(H,17,18);2-4H. The van der Waals surface area contributed by atoms with Gasteiger partial charge in [-0.25, -0.2) is 4.79 Å². The summed E-state index contributed by atoms with van der Waals surface area (Å²) in [5.41, 5.74) is -0.920. The third-order valence-corrected chi connectivity index (χ3v) is 2.25. The molecule has 1 aromatic carbocycles. The Hall–Kier alpha value is -2.38. The lowest BCUT2D eigenvalue weighted by Crippen LogP contribution is -2.50. The summed E-state index contributed by atoms with van der Waals surface area (Å²) in [5, 5.41) is 41.5. The van der Waals surface area contributed by atoms with Gasteiger partial charge in [-0.15, -0.1) is 0 Å². The van der Waals surface area contributed by atoms with Crippen molar-refractivity contribution in [1.82, 2.24) is 5.32 Å². The second-order valence-electron chi connectivity index (χ2n) is 4.14. The highest BCUT2D eigenvalue weighted by Crippen LogP contribution is 2.03. The van der Waals surface area contributed by atoms with Crippen LogP contribution in [0.3, 0.4) is 0 Å². The predicted octanol–water partition coefficient (Wildman–Crippen LogP) is -1.50. The maximum atomic E-state index is 11.1. The van der Waals surface area contributed by atoms with E-state index in [1.54, 1.807) is 24.3 Å². The van der Waals surface area contributed by atoms with Crippen molar-refractivity contribution in [3.63, 3.8) is 0 Å². The predicted molar refractivity (Wildman–Crippen MR) is 77.4 cm³/mol. The Bertz CT molecular complexity index is 550. The number of aliphatic carboxylic acids is 2. The first-order valence-corrected chi connectivity index (χ1v) is 6.00. The zero-order chi connectivity index (χ0) is 17.2. The average Bonchev–Trinajstić information content (AvgIpc) is 2.43. The van der Waals surface area contributed by atoms with E-state index < -0.39 is 31.3 Å². The summed E-state index contributed by atoms with van der Waals surface area (Å²) in [6.45, 7) is 0.862. The molecule has 0 saturated heterocycles. The molecule has 0 radical (unpaired) electrons. The zero-order valence-corrected chi connectivity index (χ0v) is 11.7. The van der Waals surface area contributed by atoms with E-state index in [1.807, 2.05) is 6.07 Å². The van der Waals surface area contributed by atoms with Crippen LogP contribution < -0.4 is 5.32 Å². The molecule has 0 heterocycles. The van der Waals surface area contributed by atoms with E-state index >= 15 is 0 Å². The molecule has 8 nitrogen and oxygen atoms in total. The van der Waals surface area contributed by atoms with E-state index in [9.17, 15) is 9.59 Å².